The molecular weight excluding hydrogens is 220 g/mol. The first-order valence-electron chi connectivity index (χ1n) is 6.15. The zero-order chi connectivity index (χ0) is 11.7. The highest BCUT2D eigenvalue weighted by Gasteiger charge is 2.13. The van der Waals surface area contributed by atoms with E-state index >= 15 is 0 Å². The molecule has 1 aromatic carbocycles. The Morgan fingerprint density at radius 3 is 2.67 bits per heavy atom. The molecule has 0 bridgehead atoms. The molecule has 2 nitrogen and oxygen atoms in total. The quantitative estimate of drug-likeness (QED) is 0.381. The Kier molecular flexibility index (Phi) is 1.27. The van der Waals surface area contributed by atoms with Crippen LogP contribution in [-0.4, -0.2) is 8.80 Å². The first-order valence-corrected chi connectivity index (χ1v) is 6.15. The number of pyridine rings is 2. The van der Waals surface area contributed by atoms with Crippen LogP contribution in [0.15, 0.2) is 60.8 Å². The summed E-state index contributed by atoms with van der Waals surface area (Å²) in [5.74, 6) is 0. The molecule has 0 saturated carbocycles. The van der Waals surface area contributed by atoms with Crippen LogP contribution in [0.25, 0.3) is 33.0 Å². The lowest BCUT2D eigenvalue weighted by molar-refractivity contribution is 1.21. The van der Waals surface area contributed by atoms with Crippen LogP contribution in [0, 0.1) is 0 Å². The molecule has 0 unspecified atom stereocenters. The standard InChI is InChI=1S/C16H10N2/c1-2-9-17-13(6-1)14-8-7-11-4-3-5-12-10-15(17)18(14)16(11)12/h1-10H. The smallest absolute Gasteiger partial charge is 0.123 e. The van der Waals surface area contributed by atoms with Gasteiger partial charge in [0.25, 0.3) is 0 Å². The average molecular weight is 230 g/mol. The van der Waals surface area contributed by atoms with Crippen molar-refractivity contribution in [3.63, 3.8) is 0 Å². The van der Waals surface area contributed by atoms with Crippen LogP contribution in [0.3, 0.4) is 0 Å². The molecular formula is C16H10N2. The van der Waals surface area contributed by atoms with E-state index in [1.165, 1.54) is 33.0 Å². The van der Waals surface area contributed by atoms with Gasteiger partial charge in [0.05, 0.1) is 16.6 Å². The number of aromatic nitrogens is 2. The molecule has 0 saturated heterocycles. The van der Waals surface area contributed by atoms with Crippen molar-refractivity contribution in [2.75, 3.05) is 0 Å². The maximum atomic E-state index is 2.36. The lowest BCUT2D eigenvalue weighted by Crippen LogP contribution is -1.83. The third-order valence-corrected chi connectivity index (χ3v) is 3.87. The SMILES string of the molecule is c1cc2ccc3c4ccccn4c4cc(c1)c2n34. The van der Waals surface area contributed by atoms with Gasteiger partial charge in [-0.05, 0) is 29.7 Å². The van der Waals surface area contributed by atoms with E-state index in [2.05, 4.69) is 69.6 Å². The van der Waals surface area contributed by atoms with E-state index in [9.17, 15) is 0 Å². The molecule has 0 amide bonds. The molecule has 5 aromatic rings. The summed E-state index contributed by atoms with van der Waals surface area (Å²) in [6.45, 7) is 0. The van der Waals surface area contributed by atoms with Crippen molar-refractivity contribution < 1.29 is 0 Å². The van der Waals surface area contributed by atoms with Crippen LogP contribution in [0.4, 0.5) is 0 Å². The van der Waals surface area contributed by atoms with Crippen LogP contribution >= 0.6 is 0 Å². The molecule has 0 atom stereocenters. The van der Waals surface area contributed by atoms with E-state index < -0.39 is 0 Å². The van der Waals surface area contributed by atoms with Gasteiger partial charge in [0.1, 0.15) is 5.65 Å². The zero-order valence-corrected chi connectivity index (χ0v) is 9.67. The van der Waals surface area contributed by atoms with Crippen LogP contribution in [-0.2, 0) is 0 Å². The topological polar surface area (TPSA) is 8.82 Å². The normalized spacial score (nSPS) is 12.4. The van der Waals surface area contributed by atoms with E-state index in [1.807, 2.05) is 0 Å². The Hall–Kier alpha value is -2.48. The van der Waals surface area contributed by atoms with Gasteiger partial charge < -0.3 is 4.40 Å². The molecule has 0 aliphatic carbocycles. The molecule has 0 radical (unpaired) electrons. The first-order chi connectivity index (χ1) is 8.93. The van der Waals surface area contributed by atoms with E-state index in [1.54, 1.807) is 0 Å². The Morgan fingerprint density at radius 1 is 0.722 bits per heavy atom. The highest BCUT2D eigenvalue weighted by molar-refractivity contribution is 6.04. The number of imidazole rings is 1. The molecule has 0 fully saturated rings. The number of benzene rings is 1. The third kappa shape index (κ3) is 0.798. The summed E-state index contributed by atoms with van der Waals surface area (Å²) < 4.78 is 4.62. The summed E-state index contributed by atoms with van der Waals surface area (Å²) in [5, 5.41) is 2.61. The first kappa shape index (κ1) is 8.59. The maximum Gasteiger partial charge on any atom is 0.123 e. The number of rotatable bonds is 0. The molecule has 0 aliphatic rings. The zero-order valence-electron chi connectivity index (χ0n) is 9.67. The number of nitrogens with zero attached hydrogens (tertiary/aromatic N) is 2. The predicted molar refractivity (Wildman–Crippen MR) is 74.6 cm³/mol. The molecule has 0 aliphatic heterocycles. The van der Waals surface area contributed by atoms with Crippen molar-refractivity contribution in [3.8, 4) is 0 Å². The Labute approximate surface area is 103 Å². The fraction of sp³-hybridized carbons (Fsp3) is 0. The van der Waals surface area contributed by atoms with Crippen LogP contribution < -0.4 is 0 Å². The van der Waals surface area contributed by atoms with Gasteiger partial charge in [-0.2, -0.15) is 0 Å². The predicted octanol–water partition coefficient (Wildman–Crippen LogP) is 3.94. The van der Waals surface area contributed by atoms with Crippen LogP contribution in [0.5, 0.6) is 0 Å². The molecule has 5 rings (SSSR count). The number of para-hydroxylation sites is 1. The van der Waals surface area contributed by atoms with E-state index in [0.29, 0.717) is 0 Å². The van der Waals surface area contributed by atoms with Gasteiger partial charge in [0.2, 0.25) is 0 Å². The van der Waals surface area contributed by atoms with Gasteiger partial charge in [-0.15, -0.1) is 0 Å². The minimum Gasteiger partial charge on any atom is -0.301 e. The van der Waals surface area contributed by atoms with E-state index in [4.69, 9.17) is 0 Å². The summed E-state index contributed by atoms with van der Waals surface area (Å²) in [4.78, 5) is 0. The van der Waals surface area contributed by atoms with Crippen LogP contribution in [0.1, 0.15) is 0 Å². The molecule has 4 heterocycles. The van der Waals surface area contributed by atoms with Crippen LogP contribution in [0.2, 0.25) is 0 Å². The Balaban J connectivity index is 2.30. The highest BCUT2D eigenvalue weighted by Crippen LogP contribution is 2.31. The highest BCUT2D eigenvalue weighted by atomic mass is 15.1. The van der Waals surface area contributed by atoms with Gasteiger partial charge in [-0.25, -0.2) is 0 Å². The molecule has 0 N–H and O–H groups in total. The molecule has 18 heavy (non-hydrogen) atoms. The second-order valence-corrected chi connectivity index (χ2v) is 4.80. The van der Waals surface area contributed by atoms with Gasteiger partial charge in [0.15, 0.2) is 0 Å². The second-order valence-electron chi connectivity index (χ2n) is 4.80. The largest absolute Gasteiger partial charge is 0.301 e. The summed E-state index contributed by atoms with van der Waals surface area (Å²) in [6, 6.07) is 19.5. The van der Waals surface area contributed by atoms with Crippen molar-refractivity contribution in [1.82, 2.24) is 8.80 Å². The molecule has 84 valence electrons. The average Bonchev–Trinajstić information content (AvgIpc) is 2.94. The van der Waals surface area contributed by atoms with Gasteiger partial charge >= 0.3 is 0 Å². The number of hydrogen-bond acceptors (Lipinski definition) is 0. The summed E-state index contributed by atoms with van der Waals surface area (Å²) >= 11 is 0. The van der Waals surface area contributed by atoms with Gasteiger partial charge in [-0.3, -0.25) is 4.40 Å². The summed E-state index contributed by atoms with van der Waals surface area (Å²) in [5.41, 5.74) is 5.11. The lowest BCUT2D eigenvalue weighted by Gasteiger charge is -2.00. The molecule has 4 aromatic heterocycles. The fourth-order valence-electron chi connectivity index (χ4n) is 3.12. The van der Waals surface area contributed by atoms with Crippen molar-refractivity contribution >= 4 is 33.0 Å². The summed E-state index contributed by atoms with van der Waals surface area (Å²) in [7, 11) is 0. The Bertz CT molecular complexity index is 1020. The Morgan fingerprint density at radius 2 is 1.67 bits per heavy atom. The van der Waals surface area contributed by atoms with Crippen molar-refractivity contribution in [3.05, 3.63) is 60.8 Å². The van der Waals surface area contributed by atoms with Gasteiger partial charge in [-0.1, -0.05) is 30.3 Å². The fourth-order valence-corrected chi connectivity index (χ4v) is 3.12. The monoisotopic (exact) mass is 230 g/mol. The maximum absolute atomic E-state index is 2.36. The minimum atomic E-state index is 1.24. The third-order valence-electron chi connectivity index (χ3n) is 3.87. The second kappa shape index (κ2) is 2.67. The molecule has 0 spiro atoms. The lowest BCUT2D eigenvalue weighted by atomic mass is 10.1. The van der Waals surface area contributed by atoms with Crippen molar-refractivity contribution in [2.24, 2.45) is 0 Å². The van der Waals surface area contributed by atoms with E-state index in [0.717, 1.165) is 0 Å². The number of fused-ring (bicyclic) bond motifs is 3. The van der Waals surface area contributed by atoms with Gasteiger partial charge in [0, 0.05) is 11.6 Å². The molecule has 2 heteroatoms. The number of hydrogen-bond donors (Lipinski definition) is 0. The summed E-state index contributed by atoms with van der Waals surface area (Å²) in [6.07, 6.45) is 2.13. The minimum absolute atomic E-state index is 1.24. The van der Waals surface area contributed by atoms with Crippen molar-refractivity contribution in [2.45, 2.75) is 0 Å². The van der Waals surface area contributed by atoms with E-state index in [-0.39, 0.29) is 0 Å². The van der Waals surface area contributed by atoms with Crippen molar-refractivity contribution in [1.29, 1.82) is 0 Å².